The largest absolute Gasteiger partial charge is 0.394 e. The summed E-state index contributed by atoms with van der Waals surface area (Å²) in [4.78, 5) is 12.9. The zero-order chi connectivity index (χ0) is 32.0. The maximum Gasteiger partial charge on any atom is 0.155 e. The summed E-state index contributed by atoms with van der Waals surface area (Å²) in [6.07, 6.45) is 5.79. The van der Waals surface area contributed by atoms with Crippen molar-refractivity contribution in [3.8, 4) is 11.4 Å². The minimum atomic E-state index is -0.683. The van der Waals surface area contributed by atoms with Gasteiger partial charge >= 0.3 is 0 Å². The van der Waals surface area contributed by atoms with Crippen LogP contribution in [0.4, 0.5) is 0 Å². The minimum absolute atomic E-state index is 0. The van der Waals surface area contributed by atoms with Crippen molar-refractivity contribution >= 4 is 43.4 Å². The molecule has 8 aromatic rings. The fraction of sp³-hybridized carbons (Fsp3) is 0.132. The van der Waals surface area contributed by atoms with Crippen molar-refractivity contribution in [2.75, 3.05) is 6.61 Å². The number of rotatable bonds is 3. The van der Waals surface area contributed by atoms with Crippen molar-refractivity contribution in [3.63, 3.8) is 0 Å². The van der Waals surface area contributed by atoms with Gasteiger partial charge < -0.3 is 24.9 Å². The van der Waals surface area contributed by atoms with Gasteiger partial charge in [0.25, 0.3) is 0 Å². The first-order valence-electron chi connectivity index (χ1n) is 15.2. The molecule has 2 N–H and O–H groups in total. The van der Waals surface area contributed by atoms with Gasteiger partial charge in [-0.15, -0.1) is 75.2 Å². The summed E-state index contributed by atoms with van der Waals surface area (Å²) in [5.41, 5.74) is 3.44. The molecule has 10 heteroatoms. The van der Waals surface area contributed by atoms with Crippen LogP contribution in [0.1, 0.15) is 12.6 Å². The first-order chi connectivity index (χ1) is 23.2. The number of pyridine rings is 3. The van der Waals surface area contributed by atoms with Gasteiger partial charge in [0.15, 0.2) is 6.23 Å². The second kappa shape index (κ2) is 15.3. The fourth-order valence-electron chi connectivity index (χ4n) is 5.56. The number of nitrogens with zero attached hydrogens (tertiary/aromatic N) is 6. The van der Waals surface area contributed by atoms with Gasteiger partial charge in [-0.3, -0.25) is 4.98 Å². The molecular weight excluding hydrogens is 781 g/mol. The van der Waals surface area contributed by atoms with Gasteiger partial charge in [0.2, 0.25) is 0 Å². The number of fused-ring (bicyclic) bond motifs is 6. The van der Waals surface area contributed by atoms with Crippen molar-refractivity contribution in [3.05, 3.63) is 140 Å². The maximum atomic E-state index is 9.69. The van der Waals surface area contributed by atoms with Crippen LogP contribution < -0.4 is 0 Å². The Morgan fingerprint density at radius 2 is 1.27 bits per heavy atom. The molecule has 241 valence electrons. The molecule has 5 heterocycles. The van der Waals surface area contributed by atoms with Crippen molar-refractivity contribution in [1.82, 2.24) is 29.9 Å². The van der Waals surface area contributed by atoms with Crippen molar-refractivity contribution in [2.45, 2.75) is 24.9 Å². The van der Waals surface area contributed by atoms with Crippen LogP contribution >= 0.6 is 0 Å². The number of hydrogen-bond donors (Lipinski definition) is 2. The van der Waals surface area contributed by atoms with Crippen molar-refractivity contribution < 1.29 is 35.1 Å². The van der Waals surface area contributed by atoms with E-state index in [0.29, 0.717) is 12.1 Å². The maximum absolute atomic E-state index is 9.69. The Morgan fingerprint density at radius 1 is 0.688 bits per heavy atom. The Balaban J connectivity index is 0.000000126. The van der Waals surface area contributed by atoms with E-state index in [0.717, 1.165) is 27.5 Å². The van der Waals surface area contributed by atoms with E-state index in [4.69, 9.17) is 9.84 Å². The second-order valence-electron chi connectivity index (χ2n) is 11.0. The Bertz CT molecular complexity index is 2040. The molecule has 0 amide bonds. The predicted octanol–water partition coefficient (Wildman–Crippen LogP) is 6.35. The van der Waals surface area contributed by atoms with Crippen LogP contribution in [0.5, 0.6) is 0 Å². The van der Waals surface area contributed by atoms with E-state index in [9.17, 15) is 5.11 Å². The molecule has 1 aliphatic rings. The summed E-state index contributed by atoms with van der Waals surface area (Å²) in [6.45, 7) is -0.209. The smallest absolute Gasteiger partial charge is 0.155 e. The average Bonchev–Trinajstić information content (AvgIpc) is 3.79. The third kappa shape index (κ3) is 7.13. The van der Waals surface area contributed by atoms with Crippen LogP contribution in [0.2, 0.25) is 0 Å². The molecular formula is C38H30IrN6O3-2. The molecule has 9 rings (SSSR count). The van der Waals surface area contributed by atoms with Crippen LogP contribution in [-0.4, -0.2) is 59.0 Å². The summed E-state index contributed by atoms with van der Waals surface area (Å²) < 4.78 is 7.04. The average molecular weight is 811 g/mol. The van der Waals surface area contributed by atoms with Gasteiger partial charge in [-0.05, 0) is 46.1 Å². The number of benzene rings is 4. The zero-order valence-electron chi connectivity index (χ0n) is 25.6. The summed E-state index contributed by atoms with van der Waals surface area (Å²) in [6, 6.07) is 40.5. The van der Waals surface area contributed by atoms with Gasteiger partial charge in [0.1, 0.15) is 11.8 Å². The van der Waals surface area contributed by atoms with Crippen molar-refractivity contribution in [2.24, 2.45) is 0 Å². The Labute approximate surface area is 290 Å². The third-order valence-corrected chi connectivity index (χ3v) is 7.93. The third-order valence-electron chi connectivity index (χ3n) is 7.93. The molecule has 1 saturated heterocycles. The number of aliphatic hydroxyl groups is 2. The number of aromatic nitrogens is 6. The molecule has 1 fully saturated rings. The quantitative estimate of drug-likeness (QED) is 0.157. The molecule has 0 aliphatic carbocycles. The SMILES string of the molecule is OC[C@H]1O[C@@H](n2cc(-c3ccccn3)nn2)CC1O.[Ir].[c-]1cccc2ccc3cccnc3c12.[c-]1cccc2ccc3cccnc3c12. The van der Waals surface area contributed by atoms with E-state index in [1.807, 2.05) is 67.0 Å². The second-order valence-corrected chi connectivity index (χ2v) is 11.0. The van der Waals surface area contributed by atoms with Crippen molar-refractivity contribution in [1.29, 1.82) is 0 Å². The van der Waals surface area contributed by atoms with E-state index >= 15 is 0 Å². The molecule has 1 unspecified atom stereocenters. The molecule has 3 atom stereocenters. The summed E-state index contributed by atoms with van der Waals surface area (Å²) in [7, 11) is 0. The van der Waals surface area contributed by atoms with Crippen LogP contribution in [-0.2, 0) is 24.8 Å². The molecule has 9 nitrogen and oxygen atoms in total. The van der Waals surface area contributed by atoms with Gasteiger partial charge in [-0.1, -0.05) is 47.7 Å². The Hall–Kier alpha value is -4.96. The molecule has 4 aromatic heterocycles. The van der Waals surface area contributed by atoms with E-state index in [-0.39, 0.29) is 26.7 Å². The number of ether oxygens (including phenoxy) is 1. The van der Waals surface area contributed by atoms with Crippen LogP contribution in [0.25, 0.3) is 54.7 Å². The molecule has 0 bridgehead atoms. The normalized spacial score (nSPS) is 16.9. The van der Waals surface area contributed by atoms with Gasteiger partial charge in [-0.25, -0.2) is 4.68 Å². The topological polar surface area (TPSA) is 119 Å². The molecule has 0 saturated carbocycles. The Kier molecular flexibility index (Phi) is 10.5. The molecule has 4 aromatic carbocycles. The fourth-order valence-corrected chi connectivity index (χ4v) is 5.56. The van der Waals surface area contributed by atoms with Gasteiger partial charge in [-0.2, -0.15) is 0 Å². The van der Waals surface area contributed by atoms with E-state index in [1.54, 1.807) is 17.1 Å². The van der Waals surface area contributed by atoms with Crippen LogP contribution in [0.15, 0.2) is 128 Å². The summed E-state index contributed by atoms with van der Waals surface area (Å²) >= 11 is 0. The first-order valence-corrected chi connectivity index (χ1v) is 15.2. The summed E-state index contributed by atoms with van der Waals surface area (Å²) in [5.74, 6) is 0. The van der Waals surface area contributed by atoms with E-state index in [2.05, 4.69) is 85.9 Å². The first kappa shape index (κ1) is 33.0. The monoisotopic (exact) mass is 811 g/mol. The Morgan fingerprint density at radius 3 is 1.83 bits per heavy atom. The van der Waals surface area contributed by atoms with Gasteiger partial charge in [0, 0.05) is 45.1 Å². The molecule has 0 spiro atoms. The van der Waals surface area contributed by atoms with Crippen LogP contribution in [0, 0.1) is 12.1 Å². The predicted molar refractivity (Wildman–Crippen MR) is 181 cm³/mol. The zero-order valence-corrected chi connectivity index (χ0v) is 28.0. The number of hydrogen-bond acceptors (Lipinski definition) is 8. The molecule has 1 radical (unpaired) electrons. The van der Waals surface area contributed by atoms with E-state index in [1.165, 1.54) is 21.5 Å². The van der Waals surface area contributed by atoms with E-state index < -0.39 is 18.4 Å². The summed E-state index contributed by atoms with van der Waals surface area (Å²) in [5, 5.41) is 33.7. The standard InChI is InChI=1S/2C13H8N.C12H14N4O3.Ir/c2*1-2-6-12-10(4-1)7-8-11-5-3-9-14-13(11)12;17-7-11-10(18)5-12(19-11)16-6-9(14-15-16)8-3-1-2-4-13-8;/h2*1-5,7-9H;1-4,6,10-12,17-18H,5,7H2;/q2*-1;;/t;;10?,11-,12-;/m..1./s1. The molecule has 1 aliphatic heterocycles. The molecule has 48 heavy (non-hydrogen) atoms. The van der Waals surface area contributed by atoms with Gasteiger partial charge in [0.05, 0.1) is 24.6 Å². The number of aliphatic hydroxyl groups excluding tert-OH is 2. The minimum Gasteiger partial charge on any atom is -0.394 e. The van der Waals surface area contributed by atoms with Crippen LogP contribution in [0.3, 0.4) is 0 Å².